The molecule has 6 nitrogen and oxygen atoms in total. The molecule has 2 aromatic heterocycles. The largest absolute Gasteiger partial charge is 0.342 e. The molecule has 0 bridgehead atoms. The Labute approximate surface area is 140 Å². The maximum atomic E-state index is 12.3. The quantitative estimate of drug-likeness (QED) is 0.674. The fraction of sp³-hybridized carbons (Fsp3) is 0.133. The number of halogens is 1. The molecule has 0 aliphatic rings. The van der Waals surface area contributed by atoms with Crippen LogP contribution in [0.2, 0.25) is 0 Å². The van der Waals surface area contributed by atoms with Crippen molar-refractivity contribution in [2.75, 3.05) is 0 Å². The standard InChI is InChI=1S/C15H13IN4O2/c1-10-18-14(22-19-10)9-17-15(21)13-6-3-7-20(13)12-5-2-4-11(16)8-12/h2-8H,9H2,1H3,(H,17,21). The third kappa shape index (κ3) is 3.19. The zero-order valence-electron chi connectivity index (χ0n) is 11.8. The van der Waals surface area contributed by atoms with E-state index >= 15 is 0 Å². The molecule has 7 heteroatoms. The lowest BCUT2D eigenvalue weighted by atomic mass is 10.3. The molecule has 0 unspecified atom stereocenters. The van der Waals surface area contributed by atoms with Crippen LogP contribution in [0.3, 0.4) is 0 Å². The Morgan fingerprint density at radius 1 is 1.36 bits per heavy atom. The molecule has 0 radical (unpaired) electrons. The van der Waals surface area contributed by atoms with E-state index in [1.807, 2.05) is 41.1 Å². The normalized spacial score (nSPS) is 10.6. The van der Waals surface area contributed by atoms with Gasteiger partial charge in [0.05, 0.1) is 6.54 Å². The van der Waals surface area contributed by atoms with Crippen molar-refractivity contribution in [2.24, 2.45) is 0 Å². The number of carbonyl (C=O) groups is 1. The number of aromatic nitrogens is 3. The van der Waals surface area contributed by atoms with Gasteiger partial charge < -0.3 is 14.4 Å². The Hall–Kier alpha value is -2.16. The lowest BCUT2D eigenvalue weighted by molar-refractivity contribution is 0.0939. The second-order valence-corrected chi connectivity index (χ2v) is 5.91. The van der Waals surface area contributed by atoms with E-state index < -0.39 is 0 Å². The highest BCUT2D eigenvalue weighted by Gasteiger charge is 2.13. The van der Waals surface area contributed by atoms with Crippen LogP contribution in [0.4, 0.5) is 0 Å². The van der Waals surface area contributed by atoms with Crippen molar-refractivity contribution in [3.63, 3.8) is 0 Å². The van der Waals surface area contributed by atoms with Crippen LogP contribution < -0.4 is 5.32 Å². The molecule has 0 aliphatic carbocycles. The SMILES string of the molecule is Cc1noc(CNC(=O)c2cccn2-c2cccc(I)c2)n1. The highest BCUT2D eigenvalue weighted by atomic mass is 127. The van der Waals surface area contributed by atoms with Crippen LogP contribution in [0, 0.1) is 10.5 Å². The predicted octanol–water partition coefficient (Wildman–Crippen LogP) is 2.70. The second kappa shape index (κ2) is 6.30. The second-order valence-electron chi connectivity index (χ2n) is 4.66. The number of nitrogens with one attached hydrogen (secondary N) is 1. The third-order valence-corrected chi connectivity index (χ3v) is 3.71. The molecule has 3 rings (SSSR count). The lowest BCUT2D eigenvalue weighted by Crippen LogP contribution is -2.25. The number of benzene rings is 1. The van der Waals surface area contributed by atoms with E-state index in [1.54, 1.807) is 13.0 Å². The van der Waals surface area contributed by atoms with Crippen molar-refractivity contribution in [3.8, 4) is 5.69 Å². The van der Waals surface area contributed by atoms with Gasteiger partial charge in [-0.25, -0.2) is 0 Å². The fourth-order valence-corrected chi connectivity index (χ4v) is 2.60. The van der Waals surface area contributed by atoms with Crippen molar-refractivity contribution in [3.05, 3.63) is 63.6 Å². The van der Waals surface area contributed by atoms with Crippen LogP contribution in [-0.2, 0) is 6.54 Å². The monoisotopic (exact) mass is 408 g/mol. The van der Waals surface area contributed by atoms with Gasteiger partial charge in [-0.15, -0.1) is 0 Å². The fourth-order valence-electron chi connectivity index (χ4n) is 2.08. The summed E-state index contributed by atoms with van der Waals surface area (Å²) in [4.78, 5) is 16.4. The first-order valence-corrected chi connectivity index (χ1v) is 7.72. The van der Waals surface area contributed by atoms with Gasteiger partial charge in [-0.1, -0.05) is 11.2 Å². The summed E-state index contributed by atoms with van der Waals surface area (Å²) in [5.41, 5.74) is 1.49. The molecule has 0 aliphatic heterocycles. The summed E-state index contributed by atoms with van der Waals surface area (Å²) >= 11 is 2.24. The Morgan fingerprint density at radius 2 is 2.23 bits per heavy atom. The van der Waals surface area contributed by atoms with Crippen molar-refractivity contribution in [1.29, 1.82) is 0 Å². The molecule has 1 amide bonds. The van der Waals surface area contributed by atoms with Crippen LogP contribution in [0.1, 0.15) is 22.2 Å². The van der Waals surface area contributed by atoms with Gasteiger partial charge >= 0.3 is 0 Å². The molecular formula is C15H13IN4O2. The minimum atomic E-state index is -0.195. The van der Waals surface area contributed by atoms with Gasteiger partial charge in [0.15, 0.2) is 5.82 Å². The molecule has 0 saturated heterocycles. The molecule has 0 spiro atoms. The molecule has 0 saturated carbocycles. The van der Waals surface area contributed by atoms with Crippen molar-refractivity contribution in [2.45, 2.75) is 13.5 Å². The van der Waals surface area contributed by atoms with Crippen LogP contribution in [0.25, 0.3) is 5.69 Å². The first kappa shape index (κ1) is 14.8. The van der Waals surface area contributed by atoms with Gasteiger partial charge in [0.25, 0.3) is 5.91 Å². The van der Waals surface area contributed by atoms with E-state index in [-0.39, 0.29) is 12.5 Å². The van der Waals surface area contributed by atoms with Gasteiger partial charge in [-0.05, 0) is 59.8 Å². The number of carbonyl (C=O) groups excluding carboxylic acids is 1. The first-order valence-electron chi connectivity index (χ1n) is 6.64. The summed E-state index contributed by atoms with van der Waals surface area (Å²) in [5.74, 6) is 0.740. The Bertz CT molecular complexity index is 809. The summed E-state index contributed by atoms with van der Waals surface area (Å²) < 4.78 is 7.93. The summed E-state index contributed by atoms with van der Waals surface area (Å²) in [7, 11) is 0. The minimum absolute atomic E-state index is 0.195. The minimum Gasteiger partial charge on any atom is -0.342 e. The zero-order valence-corrected chi connectivity index (χ0v) is 13.9. The summed E-state index contributed by atoms with van der Waals surface area (Å²) in [6.07, 6.45) is 1.86. The molecule has 0 fully saturated rings. The van der Waals surface area contributed by atoms with E-state index in [1.165, 1.54) is 0 Å². The molecule has 2 heterocycles. The van der Waals surface area contributed by atoms with E-state index in [0.29, 0.717) is 17.4 Å². The van der Waals surface area contributed by atoms with Crippen LogP contribution >= 0.6 is 22.6 Å². The van der Waals surface area contributed by atoms with Crippen molar-refractivity contribution < 1.29 is 9.32 Å². The van der Waals surface area contributed by atoms with Gasteiger partial charge in [-0.3, -0.25) is 4.79 Å². The van der Waals surface area contributed by atoms with Gasteiger partial charge in [-0.2, -0.15) is 4.98 Å². The van der Waals surface area contributed by atoms with Crippen LogP contribution in [-0.4, -0.2) is 20.6 Å². The number of rotatable bonds is 4. The molecule has 3 aromatic rings. The molecule has 1 N–H and O–H groups in total. The van der Waals surface area contributed by atoms with Crippen molar-refractivity contribution >= 4 is 28.5 Å². The average molecular weight is 408 g/mol. The van der Waals surface area contributed by atoms with E-state index in [2.05, 4.69) is 38.0 Å². The predicted molar refractivity (Wildman–Crippen MR) is 88.7 cm³/mol. The van der Waals surface area contributed by atoms with Crippen LogP contribution in [0.15, 0.2) is 47.1 Å². The Balaban J connectivity index is 1.78. The maximum Gasteiger partial charge on any atom is 0.268 e. The summed E-state index contributed by atoms with van der Waals surface area (Å²) in [6, 6.07) is 11.5. The maximum absolute atomic E-state index is 12.3. The number of aryl methyl sites for hydroxylation is 1. The molecule has 1 aromatic carbocycles. The highest BCUT2D eigenvalue weighted by Crippen LogP contribution is 2.15. The Kier molecular flexibility index (Phi) is 4.23. The first-order chi connectivity index (χ1) is 10.6. The zero-order chi connectivity index (χ0) is 15.5. The summed E-state index contributed by atoms with van der Waals surface area (Å²) in [6.45, 7) is 1.94. The van der Waals surface area contributed by atoms with Crippen molar-refractivity contribution in [1.82, 2.24) is 20.0 Å². The number of hydrogen-bond acceptors (Lipinski definition) is 4. The van der Waals surface area contributed by atoms with Crippen LogP contribution in [0.5, 0.6) is 0 Å². The number of nitrogens with zero attached hydrogens (tertiary/aromatic N) is 3. The highest BCUT2D eigenvalue weighted by molar-refractivity contribution is 14.1. The molecule has 0 atom stereocenters. The Morgan fingerprint density at radius 3 is 2.95 bits per heavy atom. The van der Waals surface area contributed by atoms with E-state index in [9.17, 15) is 4.79 Å². The van der Waals surface area contributed by atoms with Gasteiger partial charge in [0, 0.05) is 15.5 Å². The van der Waals surface area contributed by atoms with E-state index in [0.717, 1.165) is 9.26 Å². The molecule has 22 heavy (non-hydrogen) atoms. The number of amides is 1. The van der Waals surface area contributed by atoms with Gasteiger partial charge in [0.2, 0.25) is 5.89 Å². The third-order valence-electron chi connectivity index (χ3n) is 3.04. The molecular weight excluding hydrogens is 395 g/mol. The summed E-state index contributed by atoms with van der Waals surface area (Å²) in [5, 5.41) is 6.47. The smallest absolute Gasteiger partial charge is 0.268 e. The van der Waals surface area contributed by atoms with E-state index in [4.69, 9.17) is 4.52 Å². The number of hydrogen-bond donors (Lipinski definition) is 1. The average Bonchev–Trinajstić information content (AvgIpc) is 3.13. The lowest BCUT2D eigenvalue weighted by Gasteiger charge is -2.09. The topological polar surface area (TPSA) is 73.0 Å². The molecule has 112 valence electrons. The van der Waals surface area contributed by atoms with Gasteiger partial charge in [0.1, 0.15) is 5.69 Å².